The molecule has 1 aliphatic heterocycles. The van der Waals surface area contributed by atoms with E-state index in [1.54, 1.807) is 11.3 Å². The molecule has 0 unspecified atom stereocenters. The summed E-state index contributed by atoms with van der Waals surface area (Å²) in [4.78, 5) is 23.0. The molecule has 6 nitrogen and oxygen atoms in total. The van der Waals surface area contributed by atoms with Gasteiger partial charge in [0.25, 0.3) is 0 Å². The monoisotopic (exact) mass is 334 g/mol. The van der Waals surface area contributed by atoms with Gasteiger partial charge in [0.1, 0.15) is 12.4 Å². The van der Waals surface area contributed by atoms with Gasteiger partial charge in [0.15, 0.2) is 0 Å². The molecule has 0 bridgehead atoms. The molecule has 2 aromatic rings. The Labute approximate surface area is 140 Å². The first kappa shape index (κ1) is 16.1. The van der Waals surface area contributed by atoms with Crippen LogP contribution in [0.3, 0.4) is 0 Å². The lowest BCUT2D eigenvalue weighted by Crippen LogP contribution is -2.41. The molecule has 1 atom stereocenters. The molecule has 124 valence electrons. The first-order chi connectivity index (χ1) is 11.3. The number of carbonyl (C=O) groups is 1. The van der Waals surface area contributed by atoms with Gasteiger partial charge in [-0.15, -0.1) is 11.3 Å². The van der Waals surface area contributed by atoms with Crippen LogP contribution in [0.4, 0.5) is 0 Å². The fourth-order valence-electron chi connectivity index (χ4n) is 3.00. The highest BCUT2D eigenvalue weighted by molar-refractivity contribution is 7.07. The maximum atomic E-state index is 12.2. The normalized spacial score (nSPS) is 18.3. The minimum absolute atomic E-state index is 0.0779. The molecule has 0 radical (unpaired) electrons. The molecule has 2 aromatic heterocycles. The van der Waals surface area contributed by atoms with Crippen LogP contribution in [0.2, 0.25) is 0 Å². The average Bonchev–Trinajstić information content (AvgIpc) is 3.25. The van der Waals surface area contributed by atoms with Crippen molar-refractivity contribution in [2.45, 2.75) is 32.2 Å². The Morgan fingerprint density at radius 3 is 3.17 bits per heavy atom. The molecular weight excluding hydrogens is 312 g/mol. The van der Waals surface area contributed by atoms with Crippen molar-refractivity contribution in [3.63, 3.8) is 0 Å². The Morgan fingerprint density at radius 1 is 1.48 bits per heavy atom. The molecule has 0 N–H and O–H groups in total. The van der Waals surface area contributed by atoms with Gasteiger partial charge in [-0.3, -0.25) is 4.79 Å². The number of piperidine rings is 1. The van der Waals surface area contributed by atoms with Crippen LogP contribution >= 0.6 is 11.3 Å². The highest BCUT2D eigenvalue weighted by Gasteiger charge is 2.27. The Bertz CT molecular complexity index is 626. The second kappa shape index (κ2) is 7.70. The number of ether oxygens (including phenoxy) is 1. The second-order valence-corrected chi connectivity index (χ2v) is 6.43. The van der Waals surface area contributed by atoms with Crippen molar-refractivity contribution >= 4 is 17.2 Å². The van der Waals surface area contributed by atoms with Crippen molar-refractivity contribution < 1.29 is 9.53 Å². The van der Waals surface area contributed by atoms with Crippen molar-refractivity contribution in [3.05, 3.63) is 34.8 Å². The topological polar surface area (TPSA) is 60.2 Å². The van der Waals surface area contributed by atoms with Gasteiger partial charge in [-0.25, -0.2) is 9.97 Å². The van der Waals surface area contributed by atoms with Gasteiger partial charge in [-0.1, -0.05) is 0 Å². The number of rotatable bonds is 6. The summed E-state index contributed by atoms with van der Waals surface area (Å²) in [7, 11) is 0. The summed E-state index contributed by atoms with van der Waals surface area (Å²) >= 11 is 1.60. The zero-order valence-electron chi connectivity index (χ0n) is 13.4. The van der Waals surface area contributed by atoms with E-state index in [4.69, 9.17) is 4.74 Å². The van der Waals surface area contributed by atoms with Crippen LogP contribution in [0.5, 0.6) is 0 Å². The van der Waals surface area contributed by atoms with Crippen LogP contribution in [0.25, 0.3) is 0 Å². The maximum Gasteiger partial charge on any atom is 0.248 e. The first-order valence-corrected chi connectivity index (χ1v) is 8.95. The van der Waals surface area contributed by atoms with E-state index in [9.17, 15) is 4.79 Å². The number of thiazole rings is 1. The number of nitrogens with zero attached hydrogens (tertiary/aromatic N) is 4. The zero-order valence-corrected chi connectivity index (χ0v) is 14.2. The summed E-state index contributed by atoms with van der Waals surface area (Å²) < 4.78 is 7.40. The molecule has 0 aliphatic carbocycles. The number of hydrogen-bond donors (Lipinski definition) is 0. The third kappa shape index (κ3) is 3.97. The number of amides is 1. The average molecular weight is 334 g/mol. The van der Waals surface area contributed by atoms with E-state index in [0.717, 1.165) is 44.0 Å². The van der Waals surface area contributed by atoms with E-state index >= 15 is 0 Å². The number of aromatic nitrogens is 3. The Hall–Kier alpha value is -1.73. The van der Waals surface area contributed by atoms with Gasteiger partial charge >= 0.3 is 0 Å². The van der Waals surface area contributed by atoms with Crippen LogP contribution in [0.1, 0.15) is 37.2 Å². The molecule has 1 fully saturated rings. The van der Waals surface area contributed by atoms with Crippen LogP contribution in [0, 0.1) is 0 Å². The summed E-state index contributed by atoms with van der Waals surface area (Å²) in [6.07, 6.45) is 5.90. The summed E-state index contributed by atoms with van der Waals surface area (Å²) in [5, 5.41) is 2.06. The molecule has 3 heterocycles. The van der Waals surface area contributed by atoms with Gasteiger partial charge in [0.05, 0.1) is 17.7 Å². The Kier molecular flexibility index (Phi) is 5.40. The summed E-state index contributed by atoms with van der Waals surface area (Å²) in [5.74, 6) is 1.41. The maximum absolute atomic E-state index is 12.2. The van der Waals surface area contributed by atoms with Crippen molar-refractivity contribution in [2.75, 3.05) is 26.3 Å². The van der Waals surface area contributed by atoms with Crippen LogP contribution < -0.4 is 0 Å². The predicted molar refractivity (Wildman–Crippen MR) is 88.5 cm³/mol. The zero-order chi connectivity index (χ0) is 16.1. The number of likely N-dealkylation sites (tertiary alicyclic amines) is 1. The minimum Gasteiger partial charge on any atom is -0.372 e. The van der Waals surface area contributed by atoms with Crippen LogP contribution in [-0.2, 0) is 16.1 Å². The van der Waals surface area contributed by atoms with Crippen molar-refractivity contribution in [2.24, 2.45) is 0 Å². The fourth-order valence-corrected chi connectivity index (χ4v) is 3.55. The highest BCUT2D eigenvalue weighted by atomic mass is 32.1. The smallest absolute Gasteiger partial charge is 0.248 e. The van der Waals surface area contributed by atoms with Gasteiger partial charge in [0, 0.05) is 43.4 Å². The van der Waals surface area contributed by atoms with E-state index in [2.05, 4.69) is 19.9 Å². The largest absolute Gasteiger partial charge is 0.372 e. The van der Waals surface area contributed by atoms with Crippen molar-refractivity contribution in [1.82, 2.24) is 19.4 Å². The van der Waals surface area contributed by atoms with E-state index in [1.807, 2.05) is 29.7 Å². The molecule has 23 heavy (non-hydrogen) atoms. The second-order valence-electron chi connectivity index (χ2n) is 5.71. The summed E-state index contributed by atoms with van der Waals surface area (Å²) in [6.45, 7) is 4.93. The standard InChI is InChI=1S/C16H22N4O2S/c1-2-22-10-15(21)19-6-3-4-13(8-19)16-17-5-7-20(16)9-14-11-23-12-18-14/h5,7,11-13H,2-4,6,8-10H2,1H3/t13-/m0/s1. The van der Waals surface area contributed by atoms with E-state index in [1.165, 1.54) is 0 Å². The fraction of sp³-hybridized carbons (Fsp3) is 0.562. The molecular formula is C16H22N4O2S. The van der Waals surface area contributed by atoms with Gasteiger partial charge in [0.2, 0.25) is 5.91 Å². The van der Waals surface area contributed by atoms with E-state index < -0.39 is 0 Å². The molecule has 0 aromatic carbocycles. The summed E-state index contributed by atoms with van der Waals surface area (Å²) in [5.41, 5.74) is 2.90. The lowest BCUT2D eigenvalue weighted by molar-refractivity contribution is -0.137. The molecule has 3 rings (SSSR count). The summed E-state index contributed by atoms with van der Waals surface area (Å²) in [6, 6.07) is 0. The SMILES string of the molecule is CCOCC(=O)N1CCC[C@H](c2nccn2Cc2cscn2)C1. The Morgan fingerprint density at radius 2 is 2.39 bits per heavy atom. The first-order valence-electron chi connectivity index (χ1n) is 8.01. The number of hydrogen-bond acceptors (Lipinski definition) is 5. The predicted octanol–water partition coefficient (Wildman–Crippen LogP) is 2.13. The van der Waals surface area contributed by atoms with Crippen molar-refractivity contribution in [1.29, 1.82) is 0 Å². The molecule has 1 aliphatic rings. The number of carbonyl (C=O) groups excluding carboxylic acids is 1. The minimum atomic E-state index is 0.0779. The van der Waals surface area contributed by atoms with Gasteiger partial charge in [-0.05, 0) is 19.8 Å². The van der Waals surface area contributed by atoms with E-state index in [-0.39, 0.29) is 18.4 Å². The molecule has 0 saturated carbocycles. The third-order valence-corrected chi connectivity index (χ3v) is 4.77. The lowest BCUT2D eigenvalue weighted by atomic mass is 9.97. The molecule has 1 amide bonds. The number of imidazole rings is 1. The lowest BCUT2D eigenvalue weighted by Gasteiger charge is -2.32. The highest BCUT2D eigenvalue weighted by Crippen LogP contribution is 2.26. The Balaban J connectivity index is 1.67. The molecule has 0 spiro atoms. The molecule has 1 saturated heterocycles. The van der Waals surface area contributed by atoms with E-state index in [0.29, 0.717) is 6.61 Å². The van der Waals surface area contributed by atoms with Crippen LogP contribution in [-0.4, -0.2) is 51.6 Å². The van der Waals surface area contributed by atoms with Gasteiger partial charge in [-0.2, -0.15) is 0 Å². The van der Waals surface area contributed by atoms with Crippen LogP contribution in [0.15, 0.2) is 23.3 Å². The quantitative estimate of drug-likeness (QED) is 0.812. The van der Waals surface area contributed by atoms with Gasteiger partial charge < -0.3 is 14.2 Å². The molecule has 7 heteroatoms. The third-order valence-electron chi connectivity index (χ3n) is 4.13. The van der Waals surface area contributed by atoms with Crippen molar-refractivity contribution in [3.8, 4) is 0 Å².